The maximum Gasteiger partial charge on any atom is 0.255 e. The molecule has 2 aromatic carbocycles. The van der Waals surface area contributed by atoms with E-state index in [1.165, 1.54) is 0 Å². The van der Waals surface area contributed by atoms with Crippen molar-refractivity contribution in [2.45, 2.75) is 0 Å². The van der Waals surface area contributed by atoms with Crippen molar-refractivity contribution in [2.24, 2.45) is 0 Å². The van der Waals surface area contributed by atoms with Gasteiger partial charge in [0.25, 0.3) is 5.91 Å². The fourth-order valence-corrected chi connectivity index (χ4v) is 2.01. The summed E-state index contributed by atoms with van der Waals surface area (Å²) in [4.78, 5) is 12.0. The van der Waals surface area contributed by atoms with Crippen molar-refractivity contribution < 1.29 is 4.79 Å². The Kier molecular flexibility index (Phi) is 3.89. The van der Waals surface area contributed by atoms with Crippen molar-refractivity contribution in [1.82, 2.24) is 0 Å². The first-order chi connectivity index (χ1) is 8.56. The van der Waals surface area contributed by atoms with Crippen LogP contribution in [0.3, 0.4) is 0 Å². The van der Waals surface area contributed by atoms with E-state index in [0.717, 1.165) is 0 Å². The number of benzene rings is 2. The van der Waals surface area contributed by atoms with E-state index in [2.05, 4.69) is 21.2 Å². The zero-order valence-corrected chi connectivity index (χ0v) is 11.6. The van der Waals surface area contributed by atoms with Crippen LogP contribution >= 0.6 is 27.5 Å². The van der Waals surface area contributed by atoms with Crippen LogP contribution in [0.4, 0.5) is 11.4 Å². The van der Waals surface area contributed by atoms with Crippen molar-refractivity contribution in [1.29, 1.82) is 0 Å². The van der Waals surface area contributed by atoms with Gasteiger partial charge < -0.3 is 11.1 Å². The smallest absolute Gasteiger partial charge is 0.255 e. The standard InChI is InChI=1S/C13H10BrClN2O/c14-11-6-8(4-5-12(11)16)13(18)17-10-3-1-2-9(15)7-10/h1-7H,16H2,(H,17,18). The molecule has 92 valence electrons. The lowest BCUT2D eigenvalue weighted by atomic mass is 10.2. The van der Waals surface area contributed by atoms with Gasteiger partial charge in [-0.05, 0) is 52.3 Å². The van der Waals surface area contributed by atoms with Gasteiger partial charge in [-0.25, -0.2) is 0 Å². The van der Waals surface area contributed by atoms with Gasteiger partial charge in [-0.3, -0.25) is 4.79 Å². The van der Waals surface area contributed by atoms with Crippen molar-refractivity contribution in [3.63, 3.8) is 0 Å². The molecular formula is C13H10BrClN2O. The van der Waals surface area contributed by atoms with Crippen LogP contribution in [0.1, 0.15) is 10.4 Å². The zero-order chi connectivity index (χ0) is 13.1. The number of anilines is 2. The van der Waals surface area contributed by atoms with E-state index < -0.39 is 0 Å². The predicted molar refractivity (Wildman–Crippen MR) is 78.0 cm³/mol. The Morgan fingerprint density at radius 1 is 1.22 bits per heavy atom. The van der Waals surface area contributed by atoms with E-state index in [1.807, 2.05) is 0 Å². The summed E-state index contributed by atoms with van der Waals surface area (Å²) in [6.07, 6.45) is 0. The Bertz CT molecular complexity index is 601. The molecule has 0 saturated heterocycles. The Morgan fingerprint density at radius 3 is 2.67 bits per heavy atom. The lowest BCUT2D eigenvalue weighted by Crippen LogP contribution is -2.11. The maximum atomic E-state index is 12.0. The Balaban J connectivity index is 2.19. The fraction of sp³-hybridized carbons (Fsp3) is 0. The number of carbonyl (C=O) groups excluding carboxylic acids is 1. The monoisotopic (exact) mass is 324 g/mol. The molecule has 18 heavy (non-hydrogen) atoms. The molecule has 0 radical (unpaired) electrons. The molecule has 1 amide bonds. The lowest BCUT2D eigenvalue weighted by molar-refractivity contribution is 0.102. The third kappa shape index (κ3) is 3.03. The van der Waals surface area contributed by atoms with Gasteiger partial charge in [-0.15, -0.1) is 0 Å². The summed E-state index contributed by atoms with van der Waals surface area (Å²) in [5.41, 5.74) is 7.43. The quantitative estimate of drug-likeness (QED) is 0.822. The van der Waals surface area contributed by atoms with Gasteiger partial charge in [0.1, 0.15) is 0 Å². The number of nitrogens with one attached hydrogen (secondary N) is 1. The average molecular weight is 326 g/mol. The third-order valence-electron chi connectivity index (χ3n) is 2.35. The summed E-state index contributed by atoms with van der Waals surface area (Å²) in [6.45, 7) is 0. The molecule has 0 fully saturated rings. The summed E-state index contributed by atoms with van der Waals surface area (Å²) in [6, 6.07) is 12.0. The number of carbonyl (C=O) groups is 1. The highest BCUT2D eigenvalue weighted by atomic mass is 79.9. The van der Waals surface area contributed by atoms with E-state index in [1.54, 1.807) is 42.5 Å². The minimum Gasteiger partial charge on any atom is -0.398 e. The van der Waals surface area contributed by atoms with Crippen molar-refractivity contribution in [3.05, 3.63) is 57.5 Å². The number of hydrogen-bond acceptors (Lipinski definition) is 2. The van der Waals surface area contributed by atoms with Crippen LogP contribution in [0.2, 0.25) is 5.02 Å². The second-order valence-electron chi connectivity index (χ2n) is 3.70. The van der Waals surface area contributed by atoms with E-state index in [9.17, 15) is 4.79 Å². The first-order valence-electron chi connectivity index (χ1n) is 5.18. The minimum absolute atomic E-state index is 0.210. The van der Waals surface area contributed by atoms with Crippen molar-refractivity contribution in [3.8, 4) is 0 Å². The van der Waals surface area contributed by atoms with E-state index in [-0.39, 0.29) is 5.91 Å². The first-order valence-corrected chi connectivity index (χ1v) is 6.35. The molecule has 0 aliphatic heterocycles. The predicted octanol–water partition coefficient (Wildman–Crippen LogP) is 3.94. The van der Waals surface area contributed by atoms with Crippen molar-refractivity contribution >= 4 is 44.8 Å². The summed E-state index contributed by atoms with van der Waals surface area (Å²) >= 11 is 9.13. The summed E-state index contributed by atoms with van der Waals surface area (Å²) < 4.78 is 0.696. The molecule has 2 aromatic rings. The lowest BCUT2D eigenvalue weighted by Gasteiger charge is -2.06. The summed E-state index contributed by atoms with van der Waals surface area (Å²) in [7, 11) is 0. The van der Waals surface area contributed by atoms with Gasteiger partial charge in [0, 0.05) is 26.4 Å². The third-order valence-corrected chi connectivity index (χ3v) is 3.27. The van der Waals surface area contributed by atoms with Crippen LogP contribution in [-0.2, 0) is 0 Å². The molecule has 0 aliphatic carbocycles. The highest BCUT2D eigenvalue weighted by Gasteiger charge is 2.07. The van der Waals surface area contributed by atoms with Gasteiger partial charge in [0.2, 0.25) is 0 Å². The maximum absolute atomic E-state index is 12.0. The molecule has 0 saturated carbocycles. The SMILES string of the molecule is Nc1ccc(C(=O)Nc2cccc(Cl)c2)cc1Br. The Labute approximate surface area is 118 Å². The molecule has 0 aromatic heterocycles. The number of nitrogen functional groups attached to an aromatic ring is 1. The number of rotatable bonds is 2. The van der Waals surface area contributed by atoms with Crippen LogP contribution in [-0.4, -0.2) is 5.91 Å². The van der Waals surface area contributed by atoms with E-state index >= 15 is 0 Å². The highest BCUT2D eigenvalue weighted by molar-refractivity contribution is 9.10. The van der Waals surface area contributed by atoms with Gasteiger partial charge in [0.05, 0.1) is 0 Å². The first kappa shape index (κ1) is 12.9. The van der Waals surface area contributed by atoms with Gasteiger partial charge >= 0.3 is 0 Å². The second kappa shape index (κ2) is 5.42. The molecule has 5 heteroatoms. The highest BCUT2D eigenvalue weighted by Crippen LogP contribution is 2.21. The number of halogens is 2. The average Bonchev–Trinajstić information content (AvgIpc) is 2.32. The number of nitrogens with two attached hydrogens (primary N) is 1. The topological polar surface area (TPSA) is 55.1 Å². The van der Waals surface area contributed by atoms with Gasteiger partial charge in [-0.1, -0.05) is 17.7 Å². The normalized spacial score (nSPS) is 10.1. The van der Waals surface area contributed by atoms with Crippen LogP contribution in [0, 0.1) is 0 Å². The molecule has 3 N–H and O–H groups in total. The summed E-state index contributed by atoms with van der Waals surface area (Å²) in [5, 5.41) is 3.34. The van der Waals surface area contributed by atoms with Crippen LogP contribution in [0.15, 0.2) is 46.9 Å². The molecular weight excluding hydrogens is 316 g/mol. The summed E-state index contributed by atoms with van der Waals surface area (Å²) in [5.74, 6) is -0.210. The Hall–Kier alpha value is -1.52. The molecule has 2 rings (SSSR count). The number of hydrogen-bond donors (Lipinski definition) is 2. The zero-order valence-electron chi connectivity index (χ0n) is 9.28. The van der Waals surface area contributed by atoms with Crippen LogP contribution in [0.25, 0.3) is 0 Å². The van der Waals surface area contributed by atoms with Crippen molar-refractivity contribution in [2.75, 3.05) is 11.1 Å². The van der Waals surface area contributed by atoms with E-state index in [0.29, 0.717) is 26.4 Å². The van der Waals surface area contributed by atoms with E-state index in [4.69, 9.17) is 17.3 Å². The molecule has 3 nitrogen and oxygen atoms in total. The van der Waals surface area contributed by atoms with Crippen LogP contribution in [0.5, 0.6) is 0 Å². The minimum atomic E-state index is -0.210. The fourth-order valence-electron chi connectivity index (χ4n) is 1.44. The van der Waals surface area contributed by atoms with Gasteiger partial charge in [0.15, 0.2) is 0 Å². The van der Waals surface area contributed by atoms with Crippen LogP contribution < -0.4 is 11.1 Å². The van der Waals surface area contributed by atoms with Gasteiger partial charge in [-0.2, -0.15) is 0 Å². The Morgan fingerprint density at radius 2 is 2.00 bits per heavy atom. The molecule has 0 spiro atoms. The molecule has 0 unspecified atom stereocenters. The molecule has 0 heterocycles. The molecule has 0 atom stereocenters. The molecule has 0 aliphatic rings. The molecule has 0 bridgehead atoms. The number of amides is 1. The largest absolute Gasteiger partial charge is 0.398 e. The second-order valence-corrected chi connectivity index (χ2v) is 4.99.